The van der Waals surface area contributed by atoms with Gasteiger partial charge in [0.1, 0.15) is 11.5 Å². The molecule has 4 saturated carbocycles. The van der Waals surface area contributed by atoms with Crippen molar-refractivity contribution >= 4 is 33.5 Å². The maximum absolute atomic E-state index is 11.9. The molecule has 0 bridgehead atoms. The minimum atomic E-state index is -0.0438. The highest BCUT2D eigenvalue weighted by Crippen LogP contribution is 2.57. The molecule has 2 N–H and O–H groups in total. The molecule has 0 radical (unpaired) electrons. The van der Waals surface area contributed by atoms with E-state index in [4.69, 9.17) is 19.3 Å². The summed E-state index contributed by atoms with van der Waals surface area (Å²) in [4.78, 5) is 28.6. The number of phenolic OH excluding ortho intramolecular Hbond substituents is 1. The van der Waals surface area contributed by atoms with Gasteiger partial charge in [0, 0.05) is 13.1 Å². The molecule has 2 aliphatic heterocycles. The van der Waals surface area contributed by atoms with Crippen molar-refractivity contribution in [2.24, 2.45) is 22.7 Å². The van der Waals surface area contributed by atoms with Gasteiger partial charge in [-0.25, -0.2) is 0 Å². The van der Waals surface area contributed by atoms with E-state index in [2.05, 4.69) is 64.4 Å². The molecule has 0 aromatic heterocycles. The number of nitrogens with zero attached hydrogens (tertiary/aromatic N) is 2. The number of benzene rings is 4. The summed E-state index contributed by atoms with van der Waals surface area (Å²) in [6, 6.07) is 25.1. The Bertz CT molecular complexity index is 2130. The summed E-state index contributed by atoms with van der Waals surface area (Å²) < 4.78 is 16.6. The van der Waals surface area contributed by atoms with Crippen molar-refractivity contribution in [1.29, 1.82) is 0 Å². The first-order valence-corrected chi connectivity index (χ1v) is 24.5. The number of aromatic hydroxyl groups is 1. The molecule has 9 nitrogen and oxygen atoms in total. The van der Waals surface area contributed by atoms with Crippen LogP contribution in [0.3, 0.4) is 0 Å². The highest BCUT2D eigenvalue weighted by atomic mass is 16.5. The summed E-state index contributed by atoms with van der Waals surface area (Å²) in [6.45, 7) is 10.3. The molecule has 0 amide bonds. The molecule has 6 aliphatic rings. The fraction of sp³-hybridized carbons (Fsp3) is 0.593. The Morgan fingerprint density at radius 3 is 1.46 bits per heavy atom. The van der Waals surface area contributed by atoms with E-state index < -0.39 is 0 Å². The minimum Gasteiger partial charge on any atom is -0.508 e. The molecule has 9 heteroatoms. The van der Waals surface area contributed by atoms with Crippen LogP contribution in [-0.4, -0.2) is 83.6 Å². The Hall–Kier alpha value is -4.18. The maximum atomic E-state index is 11.9. The fourth-order valence-corrected chi connectivity index (χ4v) is 10.6. The average Bonchev–Trinajstić information content (AvgIpc) is 4.25. The quantitative estimate of drug-likeness (QED) is 0.151. The number of aliphatic hydroxyl groups is 1. The zero-order valence-electron chi connectivity index (χ0n) is 38.0. The van der Waals surface area contributed by atoms with Crippen LogP contribution in [0, 0.1) is 22.7 Å². The number of piperidine rings is 2. The van der Waals surface area contributed by atoms with Crippen molar-refractivity contribution in [1.82, 2.24) is 9.80 Å². The Balaban J connectivity index is 0.000000148. The van der Waals surface area contributed by atoms with Crippen LogP contribution in [0.5, 0.6) is 11.5 Å². The van der Waals surface area contributed by atoms with E-state index in [1.165, 1.54) is 86.1 Å². The van der Waals surface area contributed by atoms with Gasteiger partial charge < -0.3 is 24.4 Å². The second kappa shape index (κ2) is 20.8. The van der Waals surface area contributed by atoms with E-state index in [1.807, 2.05) is 19.9 Å². The molecule has 340 valence electrons. The number of likely N-dealkylation sites (tertiary alicyclic amines) is 2. The predicted octanol–water partition coefficient (Wildman–Crippen LogP) is 10.7. The van der Waals surface area contributed by atoms with Crippen LogP contribution in [0.1, 0.15) is 128 Å². The van der Waals surface area contributed by atoms with Gasteiger partial charge in [-0.3, -0.25) is 19.4 Å². The zero-order chi connectivity index (χ0) is 43.8. The van der Waals surface area contributed by atoms with Gasteiger partial charge in [0.15, 0.2) is 0 Å². The van der Waals surface area contributed by atoms with Crippen LogP contribution >= 0.6 is 0 Å². The van der Waals surface area contributed by atoms with E-state index in [0.29, 0.717) is 30.5 Å². The van der Waals surface area contributed by atoms with Crippen LogP contribution in [0.4, 0.5) is 0 Å². The number of hydrogen-bond acceptors (Lipinski definition) is 9. The Kier molecular flexibility index (Phi) is 15.0. The minimum absolute atomic E-state index is 0.0221. The number of aliphatic hydroxyl groups excluding tert-OH is 1. The van der Waals surface area contributed by atoms with Crippen LogP contribution < -0.4 is 4.74 Å². The summed E-state index contributed by atoms with van der Waals surface area (Å²) >= 11 is 0. The van der Waals surface area contributed by atoms with Gasteiger partial charge in [-0.1, -0.05) is 36.4 Å². The predicted molar refractivity (Wildman–Crippen MR) is 250 cm³/mol. The van der Waals surface area contributed by atoms with Gasteiger partial charge in [0.2, 0.25) is 0 Å². The highest BCUT2D eigenvalue weighted by molar-refractivity contribution is 5.85. The molecule has 0 unspecified atom stereocenters. The molecular weight excluding hydrogens is 789 g/mol. The third-order valence-electron chi connectivity index (χ3n) is 15.2. The zero-order valence-corrected chi connectivity index (χ0v) is 38.0. The molecular formula is C54H72N2O7. The largest absolute Gasteiger partial charge is 0.508 e. The van der Waals surface area contributed by atoms with Crippen molar-refractivity contribution in [3.05, 3.63) is 83.9 Å². The first-order valence-electron chi connectivity index (χ1n) is 24.5. The number of carbonyl (C=O) groups excluding carboxylic acids is 2. The first-order chi connectivity index (χ1) is 30.6. The molecule has 2 spiro atoms. The van der Waals surface area contributed by atoms with Crippen molar-refractivity contribution in [2.45, 2.75) is 142 Å². The van der Waals surface area contributed by atoms with Gasteiger partial charge in [0.25, 0.3) is 0 Å². The topological polar surface area (TPSA) is 109 Å². The number of fused-ring (bicyclic) bond motifs is 2. The van der Waals surface area contributed by atoms with Gasteiger partial charge in [-0.15, -0.1) is 0 Å². The Morgan fingerprint density at radius 2 is 0.984 bits per heavy atom. The normalized spacial score (nSPS) is 22.4. The molecule has 4 aromatic rings. The van der Waals surface area contributed by atoms with E-state index in [0.717, 1.165) is 99.7 Å². The van der Waals surface area contributed by atoms with Crippen molar-refractivity contribution < 1.29 is 34.0 Å². The molecule has 10 rings (SSSR count). The third-order valence-corrected chi connectivity index (χ3v) is 15.2. The molecule has 0 atom stereocenters. The van der Waals surface area contributed by atoms with Crippen LogP contribution in [0.25, 0.3) is 21.5 Å². The second-order valence-electron chi connectivity index (χ2n) is 19.9. The summed E-state index contributed by atoms with van der Waals surface area (Å²) in [5, 5.41) is 23.4. The first kappa shape index (κ1) is 45.4. The number of carbonyl (C=O) groups is 2. The van der Waals surface area contributed by atoms with Gasteiger partial charge in [-0.2, -0.15) is 0 Å². The second-order valence-corrected chi connectivity index (χ2v) is 19.9. The average molecular weight is 861 g/mol. The molecule has 2 saturated heterocycles. The summed E-state index contributed by atoms with van der Waals surface area (Å²) in [5.41, 5.74) is 4.06. The number of rotatable bonds is 10. The number of phenols is 1. The van der Waals surface area contributed by atoms with Gasteiger partial charge >= 0.3 is 11.9 Å². The fourth-order valence-electron chi connectivity index (χ4n) is 10.6. The van der Waals surface area contributed by atoms with Crippen molar-refractivity contribution in [3.8, 4) is 11.5 Å². The van der Waals surface area contributed by atoms with Crippen LogP contribution in [0.2, 0.25) is 0 Å². The summed E-state index contributed by atoms with van der Waals surface area (Å²) in [7, 11) is 0. The number of ether oxygens (including phenoxy) is 3. The van der Waals surface area contributed by atoms with Crippen LogP contribution in [0.15, 0.2) is 72.8 Å². The Labute approximate surface area is 375 Å². The molecule has 6 fully saturated rings. The summed E-state index contributed by atoms with van der Waals surface area (Å²) in [6.07, 6.45) is 19.6. The molecule has 4 aromatic carbocycles. The maximum Gasteiger partial charge on any atom is 0.309 e. The Morgan fingerprint density at radius 1 is 0.556 bits per heavy atom. The number of hydrogen-bond donors (Lipinski definition) is 2. The summed E-state index contributed by atoms with van der Waals surface area (Å²) in [5.74, 6) is 1.38. The van der Waals surface area contributed by atoms with E-state index >= 15 is 0 Å². The number of esters is 2. The molecule has 4 aliphatic carbocycles. The lowest BCUT2D eigenvalue weighted by Crippen LogP contribution is -2.36. The monoisotopic (exact) mass is 861 g/mol. The van der Waals surface area contributed by atoms with Gasteiger partial charge in [-0.05, 0) is 223 Å². The highest BCUT2D eigenvalue weighted by Gasteiger charge is 2.45. The molecule has 63 heavy (non-hydrogen) atoms. The van der Waals surface area contributed by atoms with Gasteiger partial charge in [0.05, 0.1) is 37.3 Å². The van der Waals surface area contributed by atoms with Crippen molar-refractivity contribution in [3.63, 3.8) is 0 Å². The van der Waals surface area contributed by atoms with Crippen molar-refractivity contribution in [2.75, 3.05) is 39.4 Å². The third kappa shape index (κ3) is 12.5. The molecule has 2 heterocycles. The smallest absolute Gasteiger partial charge is 0.309 e. The van der Waals surface area contributed by atoms with E-state index in [-0.39, 0.29) is 29.9 Å². The van der Waals surface area contributed by atoms with Crippen LogP contribution in [-0.2, 0) is 32.2 Å². The SMILES string of the molecule is CCOC(=O)C1CCN(Cc2ccc3cc(O)ccc3c2)CC1.CCOC(=O)C1CCN(Cc2ccc3cc(OC4CCC5(CC4)CC5)ccc3c2)CC1.OC1CCC2(CC1)CC2. The van der Waals surface area contributed by atoms with E-state index in [1.54, 1.807) is 12.1 Å². The standard InChI is InChI=1S/C27H35NO3.C19H23NO3.C8H14O/c1-2-30-26(29)21-9-15-28(16-10-21)19-20-3-4-23-18-25(6-5-22(23)17-20)31-24-7-11-27(12-8-24)13-14-27;1-2-23-19(22)15-7-9-20(10-8-15)13-14-3-4-17-12-18(21)6-5-16(17)11-14;9-7-1-3-8(4-2-7)5-6-8/h3-6,17-18,21,24H,2,7-16,19H2,1H3;3-6,11-12,15,21H,2,7-10,13H2,1H3;7,9H,1-6H2. The lowest BCUT2D eigenvalue weighted by atomic mass is 9.85. The van der Waals surface area contributed by atoms with E-state index in [9.17, 15) is 14.7 Å². The lowest BCUT2D eigenvalue weighted by Gasteiger charge is -2.30. The lowest BCUT2D eigenvalue weighted by molar-refractivity contribution is -0.150.